The van der Waals surface area contributed by atoms with Crippen LogP contribution in [0, 0.1) is 5.82 Å². The molecule has 1 N–H and O–H groups in total. The molecule has 1 aliphatic carbocycles. The number of hydrogen-bond acceptors (Lipinski definition) is 2. The Morgan fingerprint density at radius 3 is 2.81 bits per heavy atom. The minimum Gasteiger partial charge on any atom is -0.492 e. The van der Waals surface area contributed by atoms with Gasteiger partial charge in [-0.1, -0.05) is 12.8 Å². The topological polar surface area (TPSA) is 21.3 Å². The van der Waals surface area contributed by atoms with Gasteiger partial charge in [0.25, 0.3) is 0 Å². The average Bonchev–Trinajstić information content (AvgIpc) is 2.75. The van der Waals surface area contributed by atoms with Crippen molar-refractivity contribution in [2.75, 3.05) is 11.9 Å². The molecule has 88 valence electrons. The van der Waals surface area contributed by atoms with E-state index < -0.39 is 0 Å². The molecule has 2 rings (SSSR count). The lowest BCUT2D eigenvalue weighted by Gasteiger charge is -2.17. The fourth-order valence-corrected chi connectivity index (χ4v) is 2.18. The second kappa shape index (κ2) is 5.19. The van der Waals surface area contributed by atoms with E-state index in [-0.39, 0.29) is 5.82 Å². The van der Waals surface area contributed by atoms with Crippen LogP contribution in [0.3, 0.4) is 0 Å². The molecule has 0 aliphatic heterocycles. The van der Waals surface area contributed by atoms with Crippen molar-refractivity contribution in [1.29, 1.82) is 0 Å². The van der Waals surface area contributed by atoms with Crippen LogP contribution in [0.25, 0.3) is 0 Å². The lowest BCUT2D eigenvalue weighted by molar-refractivity contribution is 0.339. The maximum Gasteiger partial charge on any atom is 0.145 e. The first kappa shape index (κ1) is 11.2. The first-order valence-corrected chi connectivity index (χ1v) is 5.98. The van der Waals surface area contributed by atoms with E-state index in [2.05, 4.69) is 5.32 Å². The highest BCUT2D eigenvalue weighted by Gasteiger charge is 2.16. The van der Waals surface area contributed by atoms with Crippen molar-refractivity contribution in [1.82, 2.24) is 0 Å². The van der Waals surface area contributed by atoms with Crippen molar-refractivity contribution in [2.45, 2.75) is 38.6 Å². The Morgan fingerprint density at radius 1 is 1.38 bits per heavy atom. The molecule has 0 spiro atoms. The van der Waals surface area contributed by atoms with Gasteiger partial charge in [0, 0.05) is 12.1 Å². The SMILES string of the molecule is CCOc1cc(F)ccc1NC1CCCC1. The summed E-state index contributed by atoms with van der Waals surface area (Å²) >= 11 is 0. The molecule has 0 atom stereocenters. The first-order valence-electron chi connectivity index (χ1n) is 5.98. The maximum atomic E-state index is 13.1. The molecule has 0 bridgehead atoms. The Morgan fingerprint density at radius 2 is 2.12 bits per heavy atom. The van der Waals surface area contributed by atoms with Gasteiger partial charge in [-0.3, -0.25) is 0 Å². The lowest BCUT2D eigenvalue weighted by atomic mass is 10.2. The normalized spacial score (nSPS) is 16.4. The lowest BCUT2D eigenvalue weighted by Crippen LogP contribution is -2.15. The molecule has 0 saturated heterocycles. The van der Waals surface area contributed by atoms with E-state index in [0.29, 0.717) is 18.4 Å². The Kier molecular flexibility index (Phi) is 3.65. The average molecular weight is 223 g/mol. The zero-order chi connectivity index (χ0) is 11.4. The number of benzene rings is 1. The molecule has 2 nitrogen and oxygen atoms in total. The van der Waals surface area contributed by atoms with Crippen molar-refractivity contribution in [3.05, 3.63) is 24.0 Å². The summed E-state index contributed by atoms with van der Waals surface area (Å²) < 4.78 is 18.5. The summed E-state index contributed by atoms with van der Waals surface area (Å²) in [7, 11) is 0. The summed E-state index contributed by atoms with van der Waals surface area (Å²) in [6.07, 6.45) is 4.96. The van der Waals surface area contributed by atoms with E-state index in [0.717, 1.165) is 5.69 Å². The van der Waals surface area contributed by atoms with Crippen molar-refractivity contribution >= 4 is 5.69 Å². The third-order valence-corrected chi connectivity index (χ3v) is 2.96. The van der Waals surface area contributed by atoms with E-state index in [9.17, 15) is 4.39 Å². The highest BCUT2D eigenvalue weighted by Crippen LogP contribution is 2.29. The van der Waals surface area contributed by atoms with Gasteiger partial charge in [0.2, 0.25) is 0 Å². The standard InChI is InChI=1S/C13H18FNO/c1-2-16-13-9-10(14)7-8-12(13)15-11-5-3-4-6-11/h7-9,11,15H,2-6H2,1H3. The van der Waals surface area contributed by atoms with Crippen LogP contribution in [0.4, 0.5) is 10.1 Å². The van der Waals surface area contributed by atoms with E-state index in [1.807, 2.05) is 6.92 Å². The summed E-state index contributed by atoms with van der Waals surface area (Å²) in [5.41, 5.74) is 0.912. The van der Waals surface area contributed by atoms with Crippen LogP contribution in [0.1, 0.15) is 32.6 Å². The van der Waals surface area contributed by atoms with Crippen molar-refractivity contribution in [2.24, 2.45) is 0 Å². The second-order valence-corrected chi connectivity index (χ2v) is 4.20. The summed E-state index contributed by atoms with van der Waals surface area (Å²) in [4.78, 5) is 0. The Hall–Kier alpha value is -1.25. The number of hydrogen-bond donors (Lipinski definition) is 1. The predicted octanol–water partition coefficient (Wildman–Crippen LogP) is 3.58. The van der Waals surface area contributed by atoms with Crippen LogP contribution in [0.15, 0.2) is 18.2 Å². The molecule has 1 aromatic carbocycles. The molecule has 0 amide bonds. The summed E-state index contributed by atoms with van der Waals surface area (Å²) in [6.45, 7) is 2.47. The van der Waals surface area contributed by atoms with Crippen LogP contribution in [-0.2, 0) is 0 Å². The first-order chi connectivity index (χ1) is 7.79. The number of rotatable bonds is 4. The summed E-state index contributed by atoms with van der Waals surface area (Å²) in [5, 5.41) is 3.43. The molecule has 16 heavy (non-hydrogen) atoms. The quantitative estimate of drug-likeness (QED) is 0.842. The number of nitrogens with one attached hydrogen (secondary N) is 1. The predicted molar refractivity (Wildman–Crippen MR) is 63.4 cm³/mol. The van der Waals surface area contributed by atoms with Gasteiger partial charge in [0.05, 0.1) is 12.3 Å². The molecule has 1 aromatic rings. The zero-order valence-corrected chi connectivity index (χ0v) is 9.63. The number of ether oxygens (including phenoxy) is 1. The third kappa shape index (κ3) is 2.65. The van der Waals surface area contributed by atoms with Crippen LogP contribution in [0.5, 0.6) is 5.75 Å². The molecule has 1 saturated carbocycles. The third-order valence-electron chi connectivity index (χ3n) is 2.96. The van der Waals surface area contributed by atoms with Crippen LogP contribution < -0.4 is 10.1 Å². The van der Waals surface area contributed by atoms with Crippen molar-refractivity contribution < 1.29 is 9.13 Å². The van der Waals surface area contributed by atoms with Crippen LogP contribution in [0.2, 0.25) is 0 Å². The Labute approximate surface area is 95.8 Å². The minimum absolute atomic E-state index is 0.250. The minimum atomic E-state index is -0.250. The molecule has 0 radical (unpaired) electrons. The smallest absolute Gasteiger partial charge is 0.145 e. The van der Waals surface area contributed by atoms with Gasteiger partial charge in [-0.05, 0) is 31.9 Å². The van der Waals surface area contributed by atoms with Crippen LogP contribution >= 0.6 is 0 Å². The van der Waals surface area contributed by atoms with Gasteiger partial charge < -0.3 is 10.1 Å². The maximum absolute atomic E-state index is 13.1. The highest BCUT2D eigenvalue weighted by atomic mass is 19.1. The van der Waals surface area contributed by atoms with Crippen molar-refractivity contribution in [3.8, 4) is 5.75 Å². The monoisotopic (exact) mass is 223 g/mol. The van der Waals surface area contributed by atoms with Gasteiger partial charge in [0.15, 0.2) is 0 Å². The number of anilines is 1. The molecule has 0 aromatic heterocycles. The molecular formula is C13H18FNO. The van der Waals surface area contributed by atoms with Gasteiger partial charge in [-0.15, -0.1) is 0 Å². The Balaban J connectivity index is 2.11. The van der Waals surface area contributed by atoms with E-state index in [1.165, 1.54) is 37.8 Å². The Bertz CT molecular complexity index is 348. The molecule has 0 heterocycles. The summed E-state index contributed by atoms with van der Waals surface area (Å²) in [5.74, 6) is 0.370. The van der Waals surface area contributed by atoms with Crippen LogP contribution in [-0.4, -0.2) is 12.6 Å². The van der Waals surface area contributed by atoms with E-state index >= 15 is 0 Å². The largest absolute Gasteiger partial charge is 0.492 e. The second-order valence-electron chi connectivity index (χ2n) is 4.20. The molecule has 3 heteroatoms. The molecule has 1 aliphatic rings. The number of halogens is 1. The molecular weight excluding hydrogens is 205 g/mol. The van der Waals surface area contributed by atoms with Gasteiger partial charge in [0.1, 0.15) is 11.6 Å². The fourth-order valence-electron chi connectivity index (χ4n) is 2.18. The zero-order valence-electron chi connectivity index (χ0n) is 9.63. The van der Waals surface area contributed by atoms with Gasteiger partial charge in [-0.2, -0.15) is 0 Å². The molecule has 0 unspecified atom stereocenters. The van der Waals surface area contributed by atoms with E-state index in [1.54, 1.807) is 6.07 Å². The van der Waals surface area contributed by atoms with E-state index in [4.69, 9.17) is 4.74 Å². The summed E-state index contributed by atoms with van der Waals surface area (Å²) in [6, 6.07) is 5.20. The highest BCUT2D eigenvalue weighted by molar-refractivity contribution is 5.57. The molecule has 1 fully saturated rings. The van der Waals surface area contributed by atoms with Gasteiger partial charge in [-0.25, -0.2) is 4.39 Å². The fraction of sp³-hybridized carbons (Fsp3) is 0.538. The van der Waals surface area contributed by atoms with Gasteiger partial charge >= 0.3 is 0 Å². The van der Waals surface area contributed by atoms with Crippen molar-refractivity contribution in [3.63, 3.8) is 0 Å².